The fourth-order valence-corrected chi connectivity index (χ4v) is 2.22. The molecule has 0 aliphatic heterocycles. The summed E-state index contributed by atoms with van der Waals surface area (Å²) in [7, 11) is -3.27. The number of rotatable bonds is 4. The van der Waals surface area contributed by atoms with Crippen molar-refractivity contribution in [3.63, 3.8) is 0 Å². The Kier molecular flexibility index (Phi) is 3.85. The number of benzene rings is 2. The maximum absolute atomic E-state index is 13.0. The highest BCUT2D eigenvalue weighted by molar-refractivity contribution is 7.90. The van der Waals surface area contributed by atoms with E-state index in [1.165, 1.54) is 36.4 Å². The van der Waals surface area contributed by atoms with E-state index in [9.17, 15) is 17.6 Å². The van der Waals surface area contributed by atoms with E-state index in [4.69, 9.17) is 4.74 Å². The summed E-state index contributed by atoms with van der Waals surface area (Å²) < 4.78 is 41.0. The van der Waals surface area contributed by atoms with Crippen molar-refractivity contribution in [3.05, 3.63) is 53.8 Å². The molecule has 20 heavy (non-hydrogen) atoms. The van der Waals surface area contributed by atoms with Crippen LogP contribution in [0.1, 0.15) is 10.4 Å². The zero-order valence-electron chi connectivity index (χ0n) is 10.5. The van der Waals surface area contributed by atoms with E-state index in [2.05, 4.69) is 0 Å². The fourth-order valence-electron chi connectivity index (χ4n) is 1.59. The van der Waals surface area contributed by atoms with Gasteiger partial charge in [0.25, 0.3) is 0 Å². The van der Waals surface area contributed by atoms with Gasteiger partial charge in [-0.3, -0.25) is 4.79 Å². The fraction of sp³-hybridized carbons (Fsp3) is 0.0714. The third-order valence-electron chi connectivity index (χ3n) is 2.58. The summed E-state index contributed by atoms with van der Waals surface area (Å²) in [5.74, 6) is 0.0208. The SMILES string of the molecule is CS(=O)(=O)c1ccc(Oc2ccc(F)cc2C=O)cc1. The minimum atomic E-state index is -3.27. The molecule has 0 saturated carbocycles. The Labute approximate surface area is 115 Å². The molecule has 2 aromatic rings. The zero-order valence-corrected chi connectivity index (χ0v) is 11.4. The molecule has 0 amide bonds. The molecule has 0 atom stereocenters. The van der Waals surface area contributed by atoms with Crippen LogP contribution in [0, 0.1) is 5.82 Å². The summed E-state index contributed by atoms with van der Waals surface area (Å²) in [5.41, 5.74) is 0.0807. The standard InChI is InChI=1S/C14H11FO4S/c1-20(17,18)13-5-3-12(4-6-13)19-14-7-2-11(15)8-10(14)9-16/h2-9H,1H3. The average molecular weight is 294 g/mol. The Morgan fingerprint density at radius 3 is 2.30 bits per heavy atom. The summed E-state index contributed by atoms with van der Waals surface area (Å²) >= 11 is 0. The lowest BCUT2D eigenvalue weighted by Gasteiger charge is -2.08. The van der Waals surface area contributed by atoms with Gasteiger partial charge < -0.3 is 4.74 Å². The quantitative estimate of drug-likeness (QED) is 0.814. The van der Waals surface area contributed by atoms with Crippen LogP contribution in [0.5, 0.6) is 11.5 Å². The molecule has 0 fully saturated rings. The Hall–Kier alpha value is -2.21. The highest BCUT2D eigenvalue weighted by Gasteiger charge is 2.09. The van der Waals surface area contributed by atoms with Gasteiger partial charge in [0.2, 0.25) is 0 Å². The molecule has 0 spiro atoms. The van der Waals surface area contributed by atoms with Gasteiger partial charge in [-0.25, -0.2) is 12.8 Å². The molecule has 0 N–H and O–H groups in total. The zero-order chi connectivity index (χ0) is 14.8. The van der Waals surface area contributed by atoms with Gasteiger partial charge in [0.15, 0.2) is 16.1 Å². The molecule has 0 saturated heterocycles. The first-order valence-corrected chi connectivity index (χ1v) is 7.52. The summed E-state index contributed by atoms with van der Waals surface area (Å²) in [5, 5.41) is 0. The number of carbonyl (C=O) groups is 1. The smallest absolute Gasteiger partial charge is 0.175 e. The van der Waals surface area contributed by atoms with Crippen molar-refractivity contribution in [2.75, 3.05) is 6.26 Å². The van der Waals surface area contributed by atoms with Crippen LogP contribution in [0.2, 0.25) is 0 Å². The van der Waals surface area contributed by atoms with Crippen LogP contribution in [0.15, 0.2) is 47.4 Å². The highest BCUT2D eigenvalue weighted by Crippen LogP contribution is 2.26. The third-order valence-corrected chi connectivity index (χ3v) is 3.71. The predicted molar refractivity (Wildman–Crippen MR) is 71.4 cm³/mol. The minimum absolute atomic E-state index is 0.0807. The second-order valence-electron chi connectivity index (χ2n) is 4.15. The molecule has 0 aromatic heterocycles. The van der Waals surface area contributed by atoms with Gasteiger partial charge in [-0.15, -0.1) is 0 Å². The average Bonchev–Trinajstić information content (AvgIpc) is 2.40. The summed E-state index contributed by atoms with van der Waals surface area (Å²) in [4.78, 5) is 11.0. The first kappa shape index (κ1) is 14.2. The molecular weight excluding hydrogens is 283 g/mol. The van der Waals surface area contributed by atoms with Crippen LogP contribution in [-0.4, -0.2) is 21.0 Å². The predicted octanol–water partition coefficient (Wildman–Crippen LogP) is 2.83. The second-order valence-corrected chi connectivity index (χ2v) is 6.16. The molecule has 4 nitrogen and oxygen atoms in total. The van der Waals surface area contributed by atoms with Gasteiger partial charge in [-0.2, -0.15) is 0 Å². The van der Waals surface area contributed by atoms with Crippen molar-refractivity contribution in [1.82, 2.24) is 0 Å². The second kappa shape index (κ2) is 5.42. The van der Waals surface area contributed by atoms with Gasteiger partial charge in [-0.05, 0) is 42.5 Å². The van der Waals surface area contributed by atoms with E-state index in [1.807, 2.05) is 0 Å². The number of hydrogen-bond acceptors (Lipinski definition) is 4. The van der Waals surface area contributed by atoms with Crippen molar-refractivity contribution < 1.29 is 22.3 Å². The van der Waals surface area contributed by atoms with Gasteiger partial charge in [-0.1, -0.05) is 0 Å². The van der Waals surface area contributed by atoms with Crippen molar-refractivity contribution in [2.45, 2.75) is 4.90 Å². The number of halogens is 1. The lowest BCUT2D eigenvalue weighted by atomic mass is 10.2. The van der Waals surface area contributed by atoms with Gasteiger partial charge >= 0.3 is 0 Å². The van der Waals surface area contributed by atoms with Crippen LogP contribution in [0.3, 0.4) is 0 Å². The Morgan fingerprint density at radius 1 is 1.10 bits per heavy atom. The molecular formula is C14H11FO4S. The molecule has 0 aliphatic rings. The van der Waals surface area contributed by atoms with Crippen LogP contribution >= 0.6 is 0 Å². The topological polar surface area (TPSA) is 60.4 Å². The molecule has 6 heteroatoms. The van der Waals surface area contributed by atoms with Gasteiger partial charge in [0.1, 0.15) is 17.3 Å². The molecule has 0 unspecified atom stereocenters. The number of ether oxygens (including phenoxy) is 1. The van der Waals surface area contributed by atoms with E-state index in [-0.39, 0.29) is 16.2 Å². The number of aldehydes is 1. The molecule has 104 valence electrons. The number of hydrogen-bond donors (Lipinski definition) is 0. The molecule has 0 radical (unpaired) electrons. The first-order chi connectivity index (χ1) is 9.40. The van der Waals surface area contributed by atoms with Crippen molar-refractivity contribution in [3.8, 4) is 11.5 Å². The summed E-state index contributed by atoms with van der Waals surface area (Å²) in [6.07, 6.45) is 1.59. The monoisotopic (exact) mass is 294 g/mol. The third kappa shape index (κ3) is 3.21. The van der Waals surface area contributed by atoms with E-state index in [0.717, 1.165) is 12.3 Å². The van der Waals surface area contributed by atoms with Crippen molar-refractivity contribution in [1.29, 1.82) is 0 Å². The van der Waals surface area contributed by atoms with E-state index in [1.54, 1.807) is 0 Å². The van der Waals surface area contributed by atoms with E-state index >= 15 is 0 Å². The lowest BCUT2D eigenvalue weighted by Crippen LogP contribution is -1.97. The Bertz CT molecular complexity index is 736. The summed E-state index contributed by atoms with van der Waals surface area (Å²) in [6.45, 7) is 0. The molecule has 2 rings (SSSR count). The Morgan fingerprint density at radius 2 is 1.75 bits per heavy atom. The van der Waals surface area contributed by atoms with Crippen LogP contribution in [0.25, 0.3) is 0 Å². The van der Waals surface area contributed by atoms with Crippen molar-refractivity contribution >= 4 is 16.1 Å². The van der Waals surface area contributed by atoms with Gasteiger partial charge in [0, 0.05) is 6.26 Å². The largest absolute Gasteiger partial charge is 0.457 e. The lowest BCUT2D eigenvalue weighted by molar-refractivity contribution is 0.112. The normalized spacial score (nSPS) is 11.1. The van der Waals surface area contributed by atoms with Crippen LogP contribution < -0.4 is 4.74 Å². The molecule has 2 aromatic carbocycles. The molecule has 0 aliphatic carbocycles. The summed E-state index contributed by atoms with van der Waals surface area (Å²) in [6, 6.07) is 9.30. The van der Waals surface area contributed by atoms with E-state index in [0.29, 0.717) is 12.0 Å². The van der Waals surface area contributed by atoms with E-state index < -0.39 is 15.7 Å². The number of sulfone groups is 1. The number of carbonyl (C=O) groups excluding carboxylic acids is 1. The molecule has 0 bridgehead atoms. The first-order valence-electron chi connectivity index (χ1n) is 5.63. The van der Waals surface area contributed by atoms with Gasteiger partial charge in [0.05, 0.1) is 10.5 Å². The molecule has 0 heterocycles. The highest BCUT2D eigenvalue weighted by atomic mass is 32.2. The van der Waals surface area contributed by atoms with Crippen molar-refractivity contribution in [2.24, 2.45) is 0 Å². The van der Waals surface area contributed by atoms with Crippen LogP contribution in [-0.2, 0) is 9.84 Å². The maximum atomic E-state index is 13.0. The Balaban J connectivity index is 2.29. The minimum Gasteiger partial charge on any atom is -0.457 e. The maximum Gasteiger partial charge on any atom is 0.175 e. The van der Waals surface area contributed by atoms with Crippen LogP contribution in [0.4, 0.5) is 4.39 Å².